The van der Waals surface area contributed by atoms with E-state index in [1.165, 1.54) is 11.9 Å². The highest BCUT2D eigenvalue weighted by Crippen LogP contribution is 2.44. The molecule has 1 heterocycles. The second kappa shape index (κ2) is 5.88. The number of hydrogen-bond donors (Lipinski definition) is 2. The summed E-state index contributed by atoms with van der Waals surface area (Å²) >= 11 is 0. The summed E-state index contributed by atoms with van der Waals surface area (Å²) in [4.78, 5) is 13.2. The van der Waals surface area contributed by atoms with Crippen LogP contribution in [0, 0.1) is 5.41 Å². The normalized spacial score (nSPS) is 24.3. The maximum Gasteiger partial charge on any atom is 0.404 e. The molecule has 0 aromatic carbocycles. The molecule has 0 aliphatic carbocycles. The summed E-state index contributed by atoms with van der Waals surface area (Å²) in [5.41, 5.74) is -2.23. The van der Waals surface area contributed by atoms with Crippen LogP contribution in [-0.4, -0.2) is 57.3 Å². The first-order valence-electron chi connectivity index (χ1n) is 6.03. The molecule has 18 heavy (non-hydrogen) atoms. The Hall–Kier alpha value is -0.820. The van der Waals surface area contributed by atoms with E-state index in [-0.39, 0.29) is 19.5 Å². The summed E-state index contributed by atoms with van der Waals surface area (Å²) in [6.45, 7) is 0.924. The predicted molar refractivity (Wildman–Crippen MR) is 62.2 cm³/mol. The molecule has 1 atom stereocenters. The van der Waals surface area contributed by atoms with Crippen LogP contribution in [0.15, 0.2) is 0 Å². The van der Waals surface area contributed by atoms with Crippen LogP contribution in [0.5, 0.6) is 0 Å². The minimum absolute atomic E-state index is 0.175. The van der Waals surface area contributed by atoms with E-state index in [0.717, 1.165) is 0 Å². The van der Waals surface area contributed by atoms with Gasteiger partial charge in [0.2, 0.25) is 5.91 Å². The first-order chi connectivity index (χ1) is 8.35. The molecule has 4 nitrogen and oxygen atoms in total. The molecule has 106 valence electrons. The van der Waals surface area contributed by atoms with Crippen molar-refractivity contribution in [3.63, 3.8) is 0 Å². The highest BCUT2D eigenvalue weighted by atomic mass is 19.4. The Kier molecular flexibility index (Phi) is 4.98. The van der Waals surface area contributed by atoms with Crippen molar-refractivity contribution in [1.29, 1.82) is 0 Å². The van der Waals surface area contributed by atoms with E-state index in [9.17, 15) is 18.0 Å². The van der Waals surface area contributed by atoms with E-state index < -0.39 is 17.5 Å². The Morgan fingerprint density at radius 2 is 2.17 bits per heavy atom. The van der Waals surface area contributed by atoms with Gasteiger partial charge in [0.15, 0.2) is 5.41 Å². The molecule has 0 saturated carbocycles. The fraction of sp³-hybridized carbons (Fsp3) is 0.909. The maximum absolute atomic E-state index is 13.1. The van der Waals surface area contributed by atoms with Crippen molar-refractivity contribution < 1.29 is 18.0 Å². The van der Waals surface area contributed by atoms with Crippen LogP contribution in [0.3, 0.4) is 0 Å². The molecule has 1 rings (SSSR count). The Morgan fingerprint density at radius 1 is 1.50 bits per heavy atom. The van der Waals surface area contributed by atoms with Gasteiger partial charge in [0, 0.05) is 20.1 Å². The average Bonchev–Trinajstić information content (AvgIpc) is 2.77. The van der Waals surface area contributed by atoms with Crippen molar-refractivity contribution in [3.05, 3.63) is 0 Å². The van der Waals surface area contributed by atoms with Crippen molar-refractivity contribution in [3.8, 4) is 0 Å². The van der Waals surface area contributed by atoms with Gasteiger partial charge in [-0.1, -0.05) is 0 Å². The van der Waals surface area contributed by atoms with Crippen LogP contribution in [-0.2, 0) is 4.79 Å². The summed E-state index contributed by atoms with van der Waals surface area (Å²) in [5.74, 6) is -0.823. The van der Waals surface area contributed by atoms with Crippen molar-refractivity contribution >= 4 is 5.91 Å². The lowest BCUT2D eigenvalue weighted by molar-refractivity contribution is -0.221. The fourth-order valence-electron chi connectivity index (χ4n) is 2.20. The lowest BCUT2D eigenvalue weighted by Gasteiger charge is -2.33. The molecule has 1 aliphatic heterocycles. The number of carbonyl (C=O) groups is 1. The largest absolute Gasteiger partial charge is 0.404 e. The third-order valence-corrected chi connectivity index (χ3v) is 3.37. The van der Waals surface area contributed by atoms with E-state index in [1.807, 2.05) is 0 Å². The summed E-state index contributed by atoms with van der Waals surface area (Å²) in [6, 6.07) is 0. The van der Waals surface area contributed by atoms with E-state index in [2.05, 4.69) is 10.6 Å². The first-order valence-corrected chi connectivity index (χ1v) is 6.03. The van der Waals surface area contributed by atoms with Crippen molar-refractivity contribution in [2.45, 2.75) is 19.0 Å². The Bertz CT molecular complexity index is 288. The van der Waals surface area contributed by atoms with Gasteiger partial charge in [0.1, 0.15) is 0 Å². The second-order valence-electron chi connectivity index (χ2n) is 4.69. The van der Waals surface area contributed by atoms with Crippen LogP contribution >= 0.6 is 0 Å². The highest BCUT2D eigenvalue weighted by Gasteiger charge is 2.62. The molecule has 1 unspecified atom stereocenters. The number of nitrogens with zero attached hydrogens (tertiary/aromatic N) is 1. The van der Waals surface area contributed by atoms with Crippen molar-refractivity contribution in [1.82, 2.24) is 15.5 Å². The third-order valence-electron chi connectivity index (χ3n) is 3.37. The van der Waals surface area contributed by atoms with Gasteiger partial charge in [-0.25, -0.2) is 0 Å². The number of alkyl halides is 3. The topological polar surface area (TPSA) is 44.4 Å². The zero-order valence-corrected chi connectivity index (χ0v) is 10.7. The van der Waals surface area contributed by atoms with Gasteiger partial charge < -0.3 is 15.5 Å². The monoisotopic (exact) mass is 267 g/mol. The predicted octanol–water partition coefficient (Wildman–Crippen LogP) is 0.596. The van der Waals surface area contributed by atoms with Crippen LogP contribution < -0.4 is 10.6 Å². The zero-order valence-electron chi connectivity index (χ0n) is 10.7. The average molecular weight is 267 g/mol. The first kappa shape index (κ1) is 15.2. The van der Waals surface area contributed by atoms with Gasteiger partial charge in [-0.3, -0.25) is 4.79 Å². The van der Waals surface area contributed by atoms with Gasteiger partial charge in [0.25, 0.3) is 0 Å². The smallest absolute Gasteiger partial charge is 0.345 e. The van der Waals surface area contributed by atoms with Crippen LogP contribution in [0.4, 0.5) is 13.2 Å². The standard InChI is InChI=1S/C11H20F3N3O/c1-15-5-3-7-17(2)9(18)10(11(12,13)14)4-6-16-8-10/h15-16H,3-8H2,1-2H3. The van der Waals surface area contributed by atoms with Gasteiger partial charge in [-0.2, -0.15) is 13.2 Å². The van der Waals surface area contributed by atoms with Crippen LogP contribution in [0.2, 0.25) is 0 Å². The van der Waals surface area contributed by atoms with Crippen molar-refractivity contribution in [2.75, 3.05) is 40.3 Å². The quantitative estimate of drug-likeness (QED) is 0.717. The molecular weight excluding hydrogens is 247 g/mol. The highest BCUT2D eigenvalue weighted by molar-refractivity contribution is 5.84. The molecule has 1 amide bonds. The van der Waals surface area contributed by atoms with E-state index in [4.69, 9.17) is 0 Å². The van der Waals surface area contributed by atoms with Crippen LogP contribution in [0.1, 0.15) is 12.8 Å². The Balaban J connectivity index is 2.72. The summed E-state index contributed by atoms with van der Waals surface area (Å²) < 4.78 is 39.3. The summed E-state index contributed by atoms with van der Waals surface area (Å²) in [5, 5.41) is 5.54. The second-order valence-corrected chi connectivity index (χ2v) is 4.69. The number of halogens is 3. The molecule has 2 N–H and O–H groups in total. The number of amides is 1. The van der Waals surface area contributed by atoms with Crippen molar-refractivity contribution in [2.24, 2.45) is 5.41 Å². The molecule has 1 fully saturated rings. The van der Waals surface area contributed by atoms with Gasteiger partial charge in [-0.15, -0.1) is 0 Å². The molecule has 0 aromatic heterocycles. The Labute approximate surface area is 105 Å². The van der Waals surface area contributed by atoms with E-state index in [0.29, 0.717) is 19.5 Å². The van der Waals surface area contributed by atoms with E-state index in [1.54, 1.807) is 7.05 Å². The number of rotatable bonds is 5. The molecule has 1 saturated heterocycles. The molecule has 0 radical (unpaired) electrons. The molecule has 0 spiro atoms. The fourth-order valence-corrected chi connectivity index (χ4v) is 2.20. The maximum atomic E-state index is 13.1. The SMILES string of the molecule is CNCCCN(C)C(=O)C1(C(F)(F)F)CCNC1. The van der Waals surface area contributed by atoms with Gasteiger partial charge >= 0.3 is 6.18 Å². The van der Waals surface area contributed by atoms with E-state index >= 15 is 0 Å². The molecule has 0 bridgehead atoms. The Morgan fingerprint density at radius 3 is 2.61 bits per heavy atom. The van der Waals surface area contributed by atoms with Gasteiger partial charge in [0.05, 0.1) is 0 Å². The molecule has 7 heteroatoms. The lowest BCUT2D eigenvalue weighted by Crippen LogP contribution is -2.52. The molecule has 0 aromatic rings. The number of carbonyl (C=O) groups excluding carboxylic acids is 1. The minimum atomic E-state index is -4.50. The third kappa shape index (κ3) is 2.95. The van der Waals surface area contributed by atoms with Gasteiger partial charge in [-0.05, 0) is 33.0 Å². The summed E-state index contributed by atoms with van der Waals surface area (Å²) in [6.07, 6.45) is -4.03. The molecule has 1 aliphatic rings. The number of nitrogens with one attached hydrogen (secondary N) is 2. The lowest BCUT2D eigenvalue weighted by atomic mass is 9.84. The minimum Gasteiger partial charge on any atom is -0.345 e. The summed E-state index contributed by atoms with van der Waals surface area (Å²) in [7, 11) is 3.20. The zero-order chi connectivity index (χ0) is 13.8. The van der Waals surface area contributed by atoms with Crippen LogP contribution in [0.25, 0.3) is 0 Å². The number of hydrogen-bond acceptors (Lipinski definition) is 3. The molecular formula is C11H20F3N3O.